The molecule has 0 amide bonds. The summed E-state index contributed by atoms with van der Waals surface area (Å²) in [5.74, 6) is 1.87. The Morgan fingerprint density at radius 3 is 2.72 bits per heavy atom. The molecule has 1 saturated carbocycles. The molecule has 1 aromatic heterocycles. The van der Waals surface area contributed by atoms with Crippen molar-refractivity contribution in [2.75, 3.05) is 0 Å². The lowest BCUT2D eigenvalue weighted by Crippen LogP contribution is -2.08. The Morgan fingerprint density at radius 1 is 1.28 bits per heavy atom. The average Bonchev–Trinajstić information content (AvgIpc) is 3.12. The van der Waals surface area contributed by atoms with E-state index in [2.05, 4.69) is 46.8 Å². The van der Waals surface area contributed by atoms with E-state index in [4.69, 9.17) is 5.73 Å². The maximum absolute atomic E-state index is 5.75. The van der Waals surface area contributed by atoms with Crippen molar-refractivity contribution in [3.05, 3.63) is 35.2 Å². The van der Waals surface area contributed by atoms with Gasteiger partial charge >= 0.3 is 0 Å². The van der Waals surface area contributed by atoms with Crippen molar-refractivity contribution in [1.82, 2.24) is 14.8 Å². The van der Waals surface area contributed by atoms with Gasteiger partial charge in [0.05, 0.1) is 6.54 Å². The van der Waals surface area contributed by atoms with E-state index in [0.29, 0.717) is 12.6 Å². The average molecular weight is 242 g/mol. The van der Waals surface area contributed by atoms with Crippen LogP contribution in [0.3, 0.4) is 0 Å². The SMILES string of the molecule is Cc1cccc(-c2nnc(CN)n2C2CC2)c1C. The minimum Gasteiger partial charge on any atom is -0.324 e. The lowest BCUT2D eigenvalue weighted by Gasteiger charge is -2.11. The molecule has 1 aromatic carbocycles. The van der Waals surface area contributed by atoms with Crippen LogP contribution in [-0.4, -0.2) is 14.8 Å². The quantitative estimate of drug-likeness (QED) is 0.898. The van der Waals surface area contributed by atoms with Crippen molar-refractivity contribution in [1.29, 1.82) is 0 Å². The van der Waals surface area contributed by atoms with Crippen molar-refractivity contribution >= 4 is 0 Å². The molecule has 0 spiro atoms. The molecule has 3 rings (SSSR count). The zero-order valence-corrected chi connectivity index (χ0v) is 10.8. The molecule has 94 valence electrons. The van der Waals surface area contributed by atoms with Crippen LogP contribution in [0.25, 0.3) is 11.4 Å². The van der Waals surface area contributed by atoms with Gasteiger partial charge in [-0.05, 0) is 37.8 Å². The topological polar surface area (TPSA) is 56.7 Å². The van der Waals surface area contributed by atoms with Crippen LogP contribution in [-0.2, 0) is 6.54 Å². The Labute approximate surface area is 107 Å². The lowest BCUT2D eigenvalue weighted by molar-refractivity contribution is 0.687. The van der Waals surface area contributed by atoms with E-state index in [0.717, 1.165) is 11.6 Å². The molecule has 0 atom stereocenters. The van der Waals surface area contributed by atoms with Gasteiger partial charge in [-0.15, -0.1) is 10.2 Å². The van der Waals surface area contributed by atoms with E-state index in [-0.39, 0.29) is 0 Å². The van der Waals surface area contributed by atoms with Gasteiger partial charge in [-0.3, -0.25) is 0 Å². The van der Waals surface area contributed by atoms with Gasteiger partial charge in [-0.1, -0.05) is 18.2 Å². The number of rotatable bonds is 3. The third kappa shape index (κ3) is 1.73. The third-order valence-corrected chi connectivity index (χ3v) is 3.71. The molecule has 1 fully saturated rings. The first-order chi connectivity index (χ1) is 8.72. The summed E-state index contributed by atoms with van der Waals surface area (Å²) in [7, 11) is 0. The molecule has 4 nitrogen and oxygen atoms in total. The molecule has 4 heteroatoms. The van der Waals surface area contributed by atoms with Gasteiger partial charge in [0.25, 0.3) is 0 Å². The molecular formula is C14H18N4. The smallest absolute Gasteiger partial charge is 0.164 e. The highest BCUT2D eigenvalue weighted by Crippen LogP contribution is 2.39. The summed E-state index contributed by atoms with van der Waals surface area (Å²) in [5, 5.41) is 8.58. The number of benzene rings is 1. The van der Waals surface area contributed by atoms with Crippen LogP contribution in [0.5, 0.6) is 0 Å². The molecule has 2 aromatic rings. The van der Waals surface area contributed by atoms with Gasteiger partial charge in [-0.25, -0.2) is 0 Å². The zero-order valence-electron chi connectivity index (χ0n) is 10.8. The van der Waals surface area contributed by atoms with E-state index in [1.165, 1.54) is 29.5 Å². The fraction of sp³-hybridized carbons (Fsp3) is 0.429. The number of hydrogen-bond donors (Lipinski definition) is 1. The number of aromatic nitrogens is 3. The molecule has 1 aliphatic carbocycles. The standard InChI is InChI=1S/C14H18N4/c1-9-4-3-5-12(10(9)2)14-17-16-13(8-15)18(14)11-6-7-11/h3-5,11H,6-8,15H2,1-2H3. The summed E-state index contributed by atoms with van der Waals surface area (Å²) in [4.78, 5) is 0. The Morgan fingerprint density at radius 2 is 2.06 bits per heavy atom. The molecule has 0 bridgehead atoms. The highest BCUT2D eigenvalue weighted by molar-refractivity contribution is 5.62. The highest BCUT2D eigenvalue weighted by Gasteiger charge is 2.29. The van der Waals surface area contributed by atoms with Crippen LogP contribution in [0, 0.1) is 13.8 Å². The Balaban J connectivity index is 2.17. The number of nitrogens with zero attached hydrogens (tertiary/aromatic N) is 3. The van der Waals surface area contributed by atoms with Crippen molar-refractivity contribution < 1.29 is 0 Å². The van der Waals surface area contributed by atoms with Gasteiger partial charge in [0, 0.05) is 11.6 Å². The van der Waals surface area contributed by atoms with Crippen LogP contribution in [0.1, 0.15) is 35.8 Å². The Bertz CT molecular complexity index is 581. The Kier molecular flexibility index (Phi) is 2.67. The molecule has 2 N–H and O–H groups in total. The van der Waals surface area contributed by atoms with Crippen LogP contribution >= 0.6 is 0 Å². The largest absolute Gasteiger partial charge is 0.324 e. The summed E-state index contributed by atoms with van der Waals surface area (Å²) in [6.07, 6.45) is 2.42. The van der Waals surface area contributed by atoms with Crippen LogP contribution in [0.2, 0.25) is 0 Å². The van der Waals surface area contributed by atoms with Crippen molar-refractivity contribution in [3.63, 3.8) is 0 Å². The second-order valence-electron chi connectivity index (χ2n) is 4.99. The maximum Gasteiger partial charge on any atom is 0.164 e. The molecule has 18 heavy (non-hydrogen) atoms. The van der Waals surface area contributed by atoms with Gasteiger partial charge in [-0.2, -0.15) is 0 Å². The number of aryl methyl sites for hydroxylation is 1. The van der Waals surface area contributed by atoms with E-state index in [1.54, 1.807) is 0 Å². The van der Waals surface area contributed by atoms with Crippen LogP contribution in [0.15, 0.2) is 18.2 Å². The van der Waals surface area contributed by atoms with E-state index >= 15 is 0 Å². The number of hydrogen-bond acceptors (Lipinski definition) is 3. The first-order valence-electron chi connectivity index (χ1n) is 6.42. The number of nitrogens with two attached hydrogens (primary N) is 1. The van der Waals surface area contributed by atoms with E-state index in [1.807, 2.05) is 0 Å². The predicted molar refractivity (Wildman–Crippen MR) is 71.1 cm³/mol. The normalized spacial score (nSPS) is 15.1. The van der Waals surface area contributed by atoms with Crippen molar-refractivity contribution in [3.8, 4) is 11.4 Å². The van der Waals surface area contributed by atoms with Gasteiger partial charge < -0.3 is 10.3 Å². The molecular weight excluding hydrogens is 224 g/mol. The molecule has 0 unspecified atom stereocenters. The fourth-order valence-electron chi connectivity index (χ4n) is 2.36. The molecule has 0 radical (unpaired) electrons. The van der Waals surface area contributed by atoms with Gasteiger partial charge in [0.15, 0.2) is 5.82 Å². The van der Waals surface area contributed by atoms with Crippen LogP contribution in [0.4, 0.5) is 0 Å². The van der Waals surface area contributed by atoms with E-state index in [9.17, 15) is 0 Å². The highest BCUT2D eigenvalue weighted by atomic mass is 15.3. The molecule has 0 saturated heterocycles. The summed E-state index contributed by atoms with van der Waals surface area (Å²) in [6, 6.07) is 6.87. The molecule has 1 aliphatic rings. The summed E-state index contributed by atoms with van der Waals surface area (Å²) < 4.78 is 2.22. The minimum absolute atomic E-state index is 0.453. The second kappa shape index (κ2) is 4.21. The maximum atomic E-state index is 5.75. The first-order valence-corrected chi connectivity index (χ1v) is 6.42. The summed E-state index contributed by atoms with van der Waals surface area (Å²) >= 11 is 0. The van der Waals surface area contributed by atoms with Crippen molar-refractivity contribution in [2.24, 2.45) is 5.73 Å². The molecule has 1 heterocycles. The summed E-state index contributed by atoms with van der Waals surface area (Å²) in [6.45, 7) is 4.72. The second-order valence-corrected chi connectivity index (χ2v) is 4.99. The first kappa shape index (κ1) is 11.4. The monoisotopic (exact) mass is 242 g/mol. The fourth-order valence-corrected chi connectivity index (χ4v) is 2.36. The molecule has 0 aliphatic heterocycles. The zero-order chi connectivity index (χ0) is 12.7. The van der Waals surface area contributed by atoms with Crippen molar-refractivity contribution in [2.45, 2.75) is 39.3 Å². The predicted octanol–water partition coefficient (Wildman–Crippen LogP) is 2.36. The van der Waals surface area contributed by atoms with Crippen LogP contribution < -0.4 is 5.73 Å². The lowest BCUT2D eigenvalue weighted by atomic mass is 10.0. The third-order valence-electron chi connectivity index (χ3n) is 3.71. The summed E-state index contributed by atoms with van der Waals surface area (Å²) in [5.41, 5.74) is 9.49. The van der Waals surface area contributed by atoms with Gasteiger partial charge in [0.1, 0.15) is 5.82 Å². The van der Waals surface area contributed by atoms with E-state index < -0.39 is 0 Å². The van der Waals surface area contributed by atoms with Gasteiger partial charge in [0.2, 0.25) is 0 Å². The minimum atomic E-state index is 0.453. The Hall–Kier alpha value is -1.68.